The van der Waals surface area contributed by atoms with E-state index in [0.717, 1.165) is 18.7 Å². The lowest BCUT2D eigenvalue weighted by atomic mass is 10.2. The van der Waals surface area contributed by atoms with Gasteiger partial charge >= 0.3 is 17.7 Å². The van der Waals surface area contributed by atoms with Crippen LogP contribution in [0.1, 0.15) is 23.4 Å². The molecule has 1 amide bonds. The average Bonchev–Trinajstić information content (AvgIpc) is 2.81. The molecule has 0 fully saturated rings. The number of carbonyl (C=O) groups excluding carboxylic acids is 2. The third-order valence-corrected chi connectivity index (χ3v) is 5.65. The summed E-state index contributed by atoms with van der Waals surface area (Å²) in [6.45, 7) is -0.368. The molecule has 0 aromatic heterocycles. The summed E-state index contributed by atoms with van der Waals surface area (Å²) in [7, 11) is -2.14. The van der Waals surface area contributed by atoms with E-state index in [1.54, 1.807) is 30.3 Å². The Morgan fingerprint density at radius 2 is 1.88 bits per heavy atom. The van der Waals surface area contributed by atoms with Crippen LogP contribution in [0.2, 0.25) is 0 Å². The number of nitrogens with zero attached hydrogens (tertiary/aromatic N) is 1. The number of aromatic hydroxyl groups is 1. The van der Waals surface area contributed by atoms with E-state index < -0.39 is 48.3 Å². The second-order valence-corrected chi connectivity index (χ2v) is 8.09. The van der Waals surface area contributed by atoms with Crippen LogP contribution in [0.5, 0.6) is 5.75 Å². The first-order valence-corrected chi connectivity index (χ1v) is 11.0. The minimum Gasteiger partial charge on any atom is -0.502 e. The van der Waals surface area contributed by atoms with Crippen LogP contribution in [0.15, 0.2) is 48.5 Å². The largest absolute Gasteiger partial charge is 0.502 e. The maximum Gasteiger partial charge on any atom is 0.408 e. The van der Waals surface area contributed by atoms with Crippen molar-refractivity contribution in [3.8, 4) is 5.75 Å². The molecule has 0 aliphatic rings. The van der Waals surface area contributed by atoms with Gasteiger partial charge in [0.1, 0.15) is 12.6 Å². The lowest BCUT2D eigenvalue weighted by Crippen LogP contribution is -2.42. The first-order chi connectivity index (χ1) is 15.7. The number of phenolic OH excluding ortho intramolecular Hbond substituents is 1. The Labute approximate surface area is 189 Å². The molecular weight excluding hydrogens is 459 g/mol. The molecule has 2 aromatic rings. The molecule has 0 aliphatic carbocycles. The molecule has 0 heterocycles. The van der Waals surface area contributed by atoms with Crippen LogP contribution in [0.3, 0.4) is 0 Å². The van der Waals surface area contributed by atoms with Crippen LogP contribution >= 0.6 is 8.03 Å². The molecule has 0 saturated carbocycles. The normalized spacial score (nSPS) is 13.4. The maximum atomic E-state index is 12.3. The van der Waals surface area contributed by atoms with Crippen molar-refractivity contribution in [3.05, 3.63) is 69.8 Å². The number of aliphatic hydroxyl groups is 1. The van der Waals surface area contributed by atoms with Crippen LogP contribution in [-0.2, 0) is 30.0 Å². The van der Waals surface area contributed by atoms with E-state index >= 15 is 0 Å². The predicted octanol–water partition coefficient (Wildman–Crippen LogP) is 2.64. The Bertz CT molecular complexity index is 1000. The zero-order valence-electron chi connectivity index (χ0n) is 17.5. The molecule has 33 heavy (non-hydrogen) atoms. The van der Waals surface area contributed by atoms with Crippen molar-refractivity contribution < 1.29 is 43.3 Å². The summed E-state index contributed by atoms with van der Waals surface area (Å²) in [4.78, 5) is 34.0. The fourth-order valence-electron chi connectivity index (χ4n) is 2.70. The van der Waals surface area contributed by atoms with Crippen molar-refractivity contribution in [2.24, 2.45) is 0 Å². The minimum atomic E-state index is -3.26. The molecule has 2 aromatic carbocycles. The van der Waals surface area contributed by atoms with Crippen LogP contribution in [0, 0.1) is 10.1 Å². The highest BCUT2D eigenvalue weighted by Crippen LogP contribution is 2.45. The number of methoxy groups -OCH3 is 1. The number of nitro groups is 1. The first-order valence-electron chi connectivity index (χ1n) is 9.60. The van der Waals surface area contributed by atoms with Gasteiger partial charge in [0.05, 0.1) is 18.6 Å². The molecule has 0 bridgehead atoms. The van der Waals surface area contributed by atoms with Crippen LogP contribution in [-0.4, -0.2) is 47.0 Å². The van der Waals surface area contributed by atoms with E-state index in [9.17, 15) is 34.5 Å². The SMILES string of the molecule is COC(=O)[C@H](CCO[PH](=O)C(O)c1cccc([N+](=O)[O-])c1O)NC(=O)OCc1ccccc1. The van der Waals surface area contributed by atoms with Crippen molar-refractivity contribution in [3.63, 3.8) is 0 Å². The molecule has 0 aliphatic heterocycles. The summed E-state index contributed by atoms with van der Waals surface area (Å²) in [5.74, 6) is -3.45. The van der Waals surface area contributed by atoms with Crippen molar-refractivity contribution in [1.82, 2.24) is 5.32 Å². The number of rotatable bonds is 11. The van der Waals surface area contributed by atoms with Crippen LogP contribution in [0.25, 0.3) is 0 Å². The van der Waals surface area contributed by atoms with E-state index in [4.69, 9.17) is 9.26 Å². The fourth-order valence-corrected chi connectivity index (χ4v) is 3.66. The van der Waals surface area contributed by atoms with Gasteiger partial charge in [-0.05, 0) is 5.56 Å². The van der Waals surface area contributed by atoms with Gasteiger partial charge in [0.15, 0.2) is 5.85 Å². The van der Waals surface area contributed by atoms with Gasteiger partial charge in [-0.15, -0.1) is 0 Å². The summed E-state index contributed by atoms with van der Waals surface area (Å²) in [6, 6.07) is 11.1. The number of hydrogen-bond acceptors (Lipinski definition) is 10. The van der Waals surface area contributed by atoms with Gasteiger partial charge in [-0.1, -0.05) is 42.5 Å². The lowest BCUT2D eigenvalue weighted by Gasteiger charge is -2.17. The summed E-state index contributed by atoms with van der Waals surface area (Å²) < 4.78 is 27.0. The number of alkyl carbamates (subject to hydrolysis) is 1. The Morgan fingerprint density at radius 1 is 1.18 bits per heavy atom. The quantitative estimate of drug-likeness (QED) is 0.187. The highest BCUT2D eigenvalue weighted by atomic mass is 31.1. The number of carbonyl (C=O) groups is 2. The molecule has 2 rings (SSSR count). The number of ether oxygens (including phenoxy) is 2. The lowest BCUT2D eigenvalue weighted by molar-refractivity contribution is -0.386. The summed E-state index contributed by atoms with van der Waals surface area (Å²) in [5, 5.41) is 33.3. The molecule has 0 saturated heterocycles. The van der Waals surface area contributed by atoms with Gasteiger partial charge in [0, 0.05) is 18.1 Å². The molecule has 12 nitrogen and oxygen atoms in total. The number of para-hydroxylation sites is 1. The third kappa shape index (κ3) is 7.56. The van der Waals surface area contributed by atoms with Crippen LogP contribution in [0.4, 0.5) is 10.5 Å². The number of aliphatic hydroxyl groups excluding tert-OH is 1. The Morgan fingerprint density at radius 3 is 2.52 bits per heavy atom. The zero-order chi connectivity index (χ0) is 24.4. The van der Waals surface area contributed by atoms with Gasteiger partial charge in [-0.3, -0.25) is 14.7 Å². The van der Waals surface area contributed by atoms with Gasteiger partial charge in [0.2, 0.25) is 13.8 Å². The molecule has 3 N–H and O–H groups in total. The number of benzene rings is 2. The standard InChI is InChI=1S/C20H23N2O10P/c1-30-18(24)15(21-20(26)31-12-13-6-3-2-4-7-13)10-11-32-33(29)19(25)14-8-5-9-16(17(14)23)22(27)28/h2-9,15,19,23,25,33H,10-12H2,1H3,(H,21,26)/t15-,19?/m0/s1. The average molecular weight is 482 g/mol. The Hall–Kier alpha value is -3.47. The smallest absolute Gasteiger partial charge is 0.408 e. The predicted molar refractivity (Wildman–Crippen MR) is 115 cm³/mol. The molecule has 13 heteroatoms. The molecule has 3 atom stereocenters. The zero-order valence-corrected chi connectivity index (χ0v) is 18.5. The van der Waals surface area contributed by atoms with Crippen molar-refractivity contribution in [2.45, 2.75) is 24.9 Å². The van der Waals surface area contributed by atoms with E-state index in [-0.39, 0.29) is 25.2 Å². The number of amides is 1. The number of phenols is 1. The molecule has 2 unspecified atom stereocenters. The number of esters is 1. The van der Waals surface area contributed by atoms with Gasteiger partial charge < -0.3 is 29.5 Å². The highest BCUT2D eigenvalue weighted by Gasteiger charge is 2.27. The summed E-state index contributed by atoms with van der Waals surface area (Å²) in [5.41, 5.74) is -0.256. The Kier molecular flexibility index (Phi) is 9.80. The van der Waals surface area contributed by atoms with Gasteiger partial charge in [-0.2, -0.15) is 0 Å². The van der Waals surface area contributed by atoms with Crippen molar-refractivity contribution in [2.75, 3.05) is 13.7 Å². The van der Waals surface area contributed by atoms with E-state index in [1.165, 1.54) is 12.1 Å². The highest BCUT2D eigenvalue weighted by molar-refractivity contribution is 7.39. The van der Waals surface area contributed by atoms with Crippen LogP contribution < -0.4 is 5.32 Å². The Balaban J connectivity index is 1.91. The summed E-state index contributed by atoms with van der Waals surface area (Å²) >= 11 is 0. The minimum absolute atomic E-state index is 0.0241. The summed E-state index contributed by atoms with van der Waals surface area (Å²) in [6.07, 6.45) is -1.06. The molecule has 0 spiro atoms. The van der Waals surface area contributed by atoms with Gasteiger partial charge in [-0.25, -0.2) is 9.59 Å². The van der Waals surface area contributed by atoms with Crippen molar-refractivity contribution >= 4 is 25.8 Å². The first kappa shape index (κ1) is 25.8. The van der Waals surface area contributed by atoms with E-state index in [2.05, 4.69) is 10.1 Å². The van der Waals surface area contributed by atoms with Gasteiger partial charge in [0.25, 0.3) is 0 Å². The molecule has 178 valence electrons. The molecular formula is C20H23N2O10P. The number of nitrogens with one attached hydrogen (secondary N) is 1. The second kappa shape index (κ2) is 12.5. The second-order valence-electron chi connectivity index (χ2n) is 6.61. The van der Waals surface area contributed by atoms with E-state index in [1.807, 2.05) is 0 Å². The fraction of sp³-hybridized carbons (Fsp3) is 0.300. The number of nitro benzene ring substituents is 1. The van der Waals surface area contributed by atoms with Crippen molar-refractivity contribution in [1.29, 1.82) is 0 Å². The maximum absolute atomic E-state index is 12.3. The monoisotopic (exact) mass is 482 g/mol. The number of hydrogen-bond donors (Lipinski definition) is 3. The topological polar surface area (TPSA) is 175 Å². The molecule has 0 radical (unpaired) electrons. The third-order valence-electron chi connectivity index (χ3n) is 4.40. The van der Waals surface area contributed by atoms with E-state index in [0.29, 0.717) is 0 Å².